The SMILES string of the molecule is CC(O)C(NC(=O)C(N)CCC(=O)O)C(=O)NC(Cc1ccccc1)C(=O)N1CCCC1C(=O)O. The van der Waals surface area contributed by atoms with Gasteiger partial charge in [0, 0.05) is 19.4 Å². The number of benzene rings is 1. The highest BCUT2D eigenvalue weighted by atomic mass is 16.4. The van der Waals surface area contributed by atoms with Crippen LogP contribution in [0.15, 0.2) is 30.3 Å². The molecule has 12 heteroatoms. The first-order chi connectivity index (χ1) is 16.5. The molecule has 0 aromatic heterocycles. The topological polar surface area (TPSA) is 199 Å². The third-order valence-corrected chi connectivity index (χ3v) is 5.79. The van der Waals surface area contributed by atoms with Crippen LogP contribution >= 0.6 is 0 Å². The molecule has 5 unspecified atom stereocenters. The Morgan fingerprint density at radius 3 is 2.31 bits per heavy atom. The summed E-state index contributed by atoms with van der Waals surface area (Å²) in [7, 11) is 0. The largest absolute Gasteiger partial charge is 0.481 e. The number of carbonyl (C=O) groups is 5. The summed E-state index contributed by atoms with van der Waals surface area (Å²) in [6.07, 6.45) is -1.02. The predicted molar refractivity (Wildman–Crippen MR) is 123 cm³/mol. The van der Waals surface area contributed by atoms with Crippen LogP contribution in [0.1, 0.15) is 38.2 Å². The van der Waals surface area contributed by atoms with E-state index in [0.29, 0.717) is 18.4 Å². The average Bonchev–Trinajstić information content (AvgIpc) is 3.30. The lowest BCUT2D eigenvalue weighted by Gasteiger charge is -2.29. The van der Waals surface area contributed by atoms with Gasteiger partial charge in [-0.3, -0.25) is 19.2 Å². The lowest BCUT2D eigenvalue weighted by atomic mass is 10.0. The minimum absolute atomic E-state index is 0.0624. The summed E-state index contributed by atoms with van der Waals surface area (Å²) in [5.41, 5.74) is 6.40. The summed E-state index contributed by atoms with van der Waals surface area (Å²) >= 11 is 0. The van der Waals surface area contributed by atoms with Crippen molar-refractivity contribution in [3.8, 4) is 0 Å². The molecular formula is C23H32N4O8. The lowest BCUT2D eigenvalue weighted by Crippen LogP contribution is -2.60. The summed E-state index contributed by atoms with van der Waals surface area (Å²) in [6, 6.07) is 3.95. The minimum Gasteiger partial charge on any atom is -0.481 e. The molecule has 2 rings (SSSR count). The van der Waals surface area contributed by atoms with Crippen LogP contribution in [-0.4, -0.2) is 86.7 Å². The number of rotatable bonds is 12. The van der Waals surface area contributed by atoms with E-state index in [1.807, 2.05) is 0 Å². The molecule has 1 aliphatic rings. The Morgan fingerprint density at radius 2 is 1.74 bits per heavy atom. The monoisotopic (exact) mass is 492 g/mol. The molecule has 0 aliphatic carbocycles. The zero-order valence-electron chi connectivity index (χ0n) is 19.4. The number of aliphatic carboxylic acids is 2. The van der Waals surface area contributed by atoms with Gasteiger partial charge in [0.1, 0.15) is 18.1 Å². The molecule has 1 aliphatic heterocycles. The molecule has 1 heterocycles. The molecule has 7 N–H and O–H groups in total. The number of amides is 3. The van der Waals surface area contributed by atoms with Crippen LogP contribution in [0.25, 0.3) is 0 Å². The summed E-state index contributed by atoms with van der Waals surface area (Å²) in [6.45, 7) is 1.49. The van der Waals surface area contributed by atoms with Gasteiger partial charge in [-0.05, 0) is 31.7 Å². The van der Waals surface area contributed by atoms with Crippen LogP contribution in [0.2, 0.25) is 0 Å². The van der Waals surface area contributed by atoms with Crippen molar-refractivity contribution >= 4 is 29.7 Å². The van der Waals surface area contributed by atoms with Crippen molar-refractivity contribution in [2.24, 2.45) is 5.73 Å². The fraction of sp³-hybridized carbons (Fsp3) is 0.522. The van der Waals surface area contributed by atoms with E-state index in [1.54, 1.807) is 30.3 Å². The second-order valence-electron chi connectivity index (χ2n) is 8.54. The average molecular weight is 493 g/mol. The van der Waals surface area contributed by atoms with Crippen molar-refractivity contribution in [2.45, 2.75) is 69.3 Å². The standard InChI is InChI=1S/C23H32N4O8/c1-13(28)19(26-20(31)15(24)9-10-18(29)30)21(32)25-16(12-14-6-3-2-4-7-14)22(33)27-11-5-8-17(27)23(34)35/h2-4,6-7,13,15-17,19,28H,5,8-12,24H2,1H3,(H,25,32)(H,26,31)(H,29,30)(H,34,35). The van der Waals surface area contributed by atoms with Gasteiger partial charge in [0.05, 0.1) is 12.1 Å². The third kappa shape index (κ3) is 8.04. The number of hydrogen-bond acceptors (Lipinski definition) is 7. The summed E-state index contributed by atoms with van der Waals surface area (Å²) in [4.78, 5) is 62.2. The van der Waals surface area contributed by atoms with Crippen LogP contribution in [-0.2, 0) is 30.4 Å². The van der Waals surface area contributed by atoms with Crippen LogP contribution < -0.4 is 16.4 Å². The zero-order chi connectivity index (χ0) is 26.1. The van der Waals surface area contributed by atoms with Gasteiger partial charge in [-0.25, -0.2) is 4.79 Å². The predicted octanol–water partition coefficient (Wildman–Crippen LogP) is -1.15. The van der Waals surface area contributed by atoms with E-state index in [-0.39, 0.29) is 25.8 Å². The van der Waals surface area contributed by atoms with E-state index < -0.39 is 59.9 Å². The third-order valence-electron chi connectivity index (χ3n) is 5.79. The molecule has 0 bridgehead atoms. The molecule has 1 aromatic carbocycles. The van der Waals surface area contributed by atoms with E-state index >= 15 is 0 Å². The van der Waals surface area contributed by atoms with Gasteiger partial charge in [-0.15, -0.1) is 0 Å². The number of nitrogens with two attached hydrogens (primary N) is 1. The smallest absolute Gasteiger partial charge is 0.326 e. The first kappa shape index (κ1) is 27.7. The second kappa shape index (κ2) is 12.8. The van der Waals surface area contributed by atoms with Crippen LogP contribution in [0.5, 0.6) is 0 Å². The van der Waals surface area contributed by atoms with Crippen molar-refractivity contribution in [3.05, 3.63) is 35.9 Å². The molecule has 192 valence electrons. The van der Waals surface area contributed by atoms with E-state index in [0.717, 1.165) is 0 Å². The maximum absolute atomic E-state index is 13.3. The number of nitrogens with zero attached hydrogens (tertiary/aromatic N) is 1. The van der Waals surface area contributed by atoms with E-state index in [9.17, 15) is 34.2 Å². The van der Waals surface area contributed by atoms with Gasteiger partial charge in [-0.1, -0.05) is 30.3 Å². The highest BCUT2D eigenvalue weighted by Gasteiger charge is 2.39. The molecule has 0 saturated carbocycles. The first-order valence-corrected chi connectivity index (χ1v) is 11.3. The quantitative estimate of drug-likeness (QED) is 0.208. The van der Waals surface area contributed by atoms with Crippen LogP contribution in [0.4, 0.5) is 0 Å². The molecule has 3 amide bonds. The fourth-order valence-electron chi connectivity index (χ4n) is 3.87. The van der Waals surface area contributed by atoms with Crippen LogP contribution in [0, 0.1) is 0 Å². The lowest BCUT2D eigenvalue weighted by molar-refractivity contribution is -0.149. The van der Waals surface area contributed by atoms with E-state index in [1.165, 1.54) is 11.8 Å². The Kier molecular flexibility index (Phi) is 10.2. The number of carboxylic acids is 2. The van der Waals surface area contributed by atoms with E-state index in [2.05, 4.69) is 10.6 Å². The van der Waals surface area contributed by atoms with E-state index in [4.69, 9.17) is 10.8 Å². The van der Waals surface area contributed by atoms with Crippen molar-refractivity contribution in [2.75, 3.05) is 6.54 Å². The molecular weight excluding hydrogens is 460 g/mol. The number of hydrogen-bond donors (Lipinski definition) is 6. The number of likely N-dealkylation sites (tertiary alicyclic amines) is 1. The Labute approximate surface area is 202 Å². The van der Waals surface area contributed by atoms with Crippen molar-refractivity contribution in [1.29, 1.82) is 0 Å². The normalized spacial score (nSPS) is 18.7. The van der Waals surface area contributed by atoms with Gasteiger partial charge in [-0.2, -0.15) is 0 Å². The number of carbonyl (C=O) groups excluding carboxylic acids is 3. The molecule has 35 heavy (non-hydrogen) atoms. The molecule has 1 aromatic rings. The Morgan fingerprint density at radius 1 is 1.09 bits per heavy atom. The molecule has 1 fully saturated rings. The highest BCUT2D eigenvalue weighted by molar-refractivity contribution is 5.94. The van der Waals surface area contributed by atoms with Gasteiger partial charge in [0.15, 0.2) is 0 Å². The Bertz CT molecular complexity index is 923. The molecule has 5 atom stereocenters. The Hall–Kier alpha value is -3.51. The second-order valence-corrected chi connectivity index (χ2v) is 8.54. The van der Waals surface area contributed by atoms with Crippen molar-refractivity contribution in [3.63, 3.8) is 0 Å². The first-order valence-electron chi connectivity index (χ1n) is 11.3. The van der Waals surface area contributed by atoms with Gasteiger partial charge < -0.3 is 36.6 Å². The number of aliphatic hydroxyl groups is 1. The summed E-state index contributed by atoms with van der Waals surface area (Å²) in [5, 5.41) is 33.2. The van der Waals surface area contributed by atoms with Gasteiger partial charge >= 0.3 is 11.9 Å². The minimum atomic E-state index is -1.47. The number of carboxylic acid groups (broad SMARTS) is 2. The fourth-order valence-corrected chi connectivity index (χ4v) is 3.87. The maximum atomic E-state index is 13.3. The van der Waals surface area contributed by atoms with Gasteiger partial charge in [0.2, 0.25) is 17.7 Å². The highest BCUT2D eigenvalue weighted by Crippen LogP contribution is 2.20. The number of aliphatic hydroxyl groups excluding tert-OH is 1. The molecule has 0 radical (unpaired) electrons. The molecule has 1 saturated heterocycles. The number of nitrogens with one attached hydrogen (secondary N) is 2. The van der Waals surface area contributed by atoms with Crippen molar-refractivity contribution < 1.29 is 39.3 Å². The maximum Gasteiger partial charge on any atom is 0.326 e. The zero-order valence-corrected chi connectivity index (χ0v) is 19.4. The molecule has 12 nitrogen and oxygen atoms in total. The summed E-state index contributed by atoms with van der Waals surface area (Å²) < 4.78 is 0. The van der Waals surface area contributed by atoms with Crippen molar-refractivity contribution in [1.82, 2.24) is 15.5 Å². The van der Waals surface area contributed by atoms with Gasteiger partial charge in [0.25, 0.3) is 0 Å². The summed E-state index contributed by atoms with van der Waals surface area (Å²) in [5.74, 6) is -4.55. The van der Waals surface area contributed by atoms with Crippen LogP contribution in [0.3, 0.4) is 0 Å². The molecule has 0 spiro atoms. The Balaban J connectivity index is 2.19.